The Labute approximate surface area is 116 Å². The van der Waals surface area contributed by atoms with Gasteiger partial charge in [0.05, 0.1) is 6.61 Å². The van der Waals surface area contributed by atoms with Crippen molar-refractivity contribution in [3.8, 4) is 5.75 Å². The molecule has 0 aliphatic carbocycles. The molecule has 1 aliphatic heterocycles. The van der Waals surface area contributed by atoms with Crippen molar-refractivity contribution in [3.05, 3.63) is 29.8 Å². The summed E-state index contributed by atoms with van der Waals surface area (Å²) in [6, 6.07) is 8.49. The van der Waals surface area contributed by atoms with E-state index in [0.717, 1.165) is 25.3 Å². The van der Waals surface area contributed by atoms with Gasteiger partial charge in [-0.05, 0) is 38.4 Å². The molecular formula is C16H25NO2. The maximum Gasteiger partial charge on any atom is 0.119 e. The molecule has 1 aliphatic rings. The normalized spacial score (nSPS) is 21.1. The van der Waals surface area contributed by atoms with Crippen molar-refractivity contribution in [2.24, 2.45) is 0 Å². The Bertz CT molecular complexity index is 364. The minimum Gasteiger partial charge on any atom is -0.492 e. The second-order valence-electron chi connectivity index (χ2n) is 5.38. The number of aliphatic hydroxyl groups excluding tert-OH is 1. The summed E-state index contributed by atoms with van der Waals surface area (Å²) in [5.41, 5.74) is 1.25. The van der Waals surface area contributed by atoms with E-state index in [1.165, 1.54) is 24.8 Å². The summed E-state index contributed by atoms with van der Waals surface area (Å²) in [7, 11) is 0. The first-order valence-corrected chi connectivity index (χ1v) is 7.34. The van der Waals surface area contributed by atoms with E-state index in [9.17, 15) is 5.11 Å². The highest BCUT2D eigenvalue weighted by atomic mass is 16.5. The lowest BCUT2D eigenvalue weighted by Crippen LogP contribution is -2.40. The number of rotatable bonds is 5. The lowest BCUT2D eigenvalue weighted by Gasteiger charge is -2.28. The van der Waals surface area contributed by atoms with Crippen molar-refractivity contribution in [1.29, 1.82) is 0 Å². The molecule has 1 aromatic rings. The van der Waals surface area contributed by atoms with E-state index in [1.54, 1.807) is 0 Å². The van der Waals surface area contributed by atoms with Gasteiger partial charge in [0, 0.05) is 12.6 Å². The predicted octanol–water partition coefficient (Wildman–Crippen LogP) is 2.61. The van der Waals surface area contributed by atoms with Crippen molar-refractivity contribution < 1.29 is 9.84 Å². The SMILES string of the molecule is Cc1ccc(OCCN2CCCCCC2CO)cc1. The van der Waals surface area contributed by atoms with Gasteiger partial charge >= 0.3 is 0 Å². The van der Waals surface area contributed by atoms with Gasteiger partial charge in [0.15, 0.2) is 0 Å². The molecule has 3 heteroatoms. The van der Waals surface area contributed by atoms with Crippen molar-refractivity contribution in [3.63, 3.8) is 0 Å². The first-order valence-electron chi connectivity index (χ1n) is 7.34. The third-order valence-corrected chi connectivity index (χ3v) is 3.88. The molecule has 0 amide bonds. The van der Waals surface area contributed by atoms with Gasteiger partial charge in [-0.1, -0.05) is 30.5 Å². The molecule has 1 saturated heterocycles. The van der Waals surface area contributed by atoms with E-state index in [2.05, 4.69) is 24.0 Å². The zero-order chi connectivity index (χ0) is 13.5. The van der Waals surface area contributed by atoms with Crippen LogP contribution in [0.3, 0.4) is 0 Å². The number of aliphatic hydroxyl groups is 1. The number of ether oxygens (including phenoxy) is 1. The van der Waals surface area contributed by atoms with Gasteiger partial charge in [-0.3, -0.25) is 4.90 Å². The third-order valence-electron chi connectivity index (χ3n) is 3.88. The Morgan fingerprint density at radius 1 is 1.21 bits per heavy atom. The smallest absolute Gasteiger partial charge is 0.119 e. The largest absolute Gasteiger partial charge is 0.492 e. The number of nitrogens with zero attached hydrogens (tertiary/aromatic N) is 1. The Hall–Kier alpha value is -1.06. The lowest BCUT2D eigenvalue weighted by molar-refractivity contribution is 0.108. The van der Waals surface area contributed by atoms with Gasteiger partial charge in [0.2, 0.25) is 0 Å². The molecule has 1 heterocycles. The minimum atomic E-state index is 0.268. The van der Waals surface area contributed by atoms with Crippen molar-refractivity contribution in [1.82, 2.24) is 4.90 Å². The fourth-order valence-electron chi connectivity index (χ4n) is 2.65. The molecule has 0 spiro atoms. The van der Waals surface area contributed by atoms with Gasteiger partial charge in [0.1, 0.15) is 12.4 Å². The third kappa shape index (κ3) is 4.51. The highest BCUT2D eigenvalue weighted by Gasteiger charge is 2.19. The first-order chi connectivity index (χ1) is 9.29. The van der Waals surface area contributed by atoms with Crippen molar-refractivity contribution in [2.75, 3.05) is 26.3 Å². The molecule has 1 N–H and O–H groups in total. The molecule has 2 rings (SSSR count). The standard InChI is InChI=1S/C16H25NO2/c1-14-6-8-16(9-7-14)19-12-11-17-10-4-2-3-5-15(17)13-18/h6-9,15,18H,2-5,10-13H2,1H3. The van der Waals surface area contributed by atoms with Crippen LogP contribution in [0.15, 0.2) is 24.3 Å². The minimum absolute atomic E-state index is 0.268. The lowest BCUT2D eigenvalue weighted by atomic mass is 10.1. The zero-order valence-corrected chi connectivity index (χ0v) is 11.8. The van der Waals surface area contributed by atoms with Crippen LogP contribution in [0.1, 0.15) is 31.2 Å². The number of likely N-dealkylation sites (tertiary alicyclic amines) is 1. The Morgan fingerprint density at radius 2 is 2.00 bits per heavy atom. The number of aryl methyl sites for hydroxylation is 1. The Balaban J connectivity index is 1.78. The van der Waals surface area contributed by atoms with Crippen LogP contribution in [0.2, 0.25) is 0 Å². The molecule has 1 aromatic carbocycles. The molecule has 106 valence electrons. The van der Waals surface area contributed by atoms with E-state index in [4.69, 9.17) is 4.74 Å². The molecule has 0 radical (unpaired) electrons. The highest BCUT2D eigenvalue weighted by Crippen LogP contribution is 2.16. The number of benzene rings is 1. The van der Waals surface area contributed by atoms with Gasteiger partial charge in [0.25, 0.3) is 0 Å². The predicted molar refractivity (Wildman–Crippen MR) is 77.6 cm³/mol. The quantitative estimate of drug-likeness (QED) is 0.886. The summed E-state index contributed by atoms with van der Waals surface area (Å²) in [6.45, 7) is 5.03. The molecule has 3 nitrogen and oxygen atoms in total. The first kappa shape index (κ1) is 14.4. The van der Waals surface area contributed by atoms with E-state index in [0.29, 0.717) is 12.6 Å². The maximum atomic E-state index is 9.45. The van der Waals surface area contributed by atoms with E-state index in [-0.39, 0.29) is 6.61 Å². The van der Waals surface area contributed by atoms with Crippen molar-refractivity contribution in [2.45, 2.75) is 38.6 Å². The summed E-state index contributed by atoms with van der Waals surface area (Å²) in [5.74, 6) is 0.931. The van der Waals surface area contributed by atoms with Crippen LogP contribution in [-0.4, -0.2) is 42.4 Å². The second kappa shape index (κ2) is 7.51. The molecule has 1 fully saturated rings. The molecule has 0 aromatic heterocycles. The molecular weight excluding hydrogens is 238 g/mol. The number of hydrogen-bond donors (Lipinski definition) is 1. The van der Waals surface area contributed by atoms with Crippen molar-refractivity contribution >= 4 is 0 Å². The van der Waals surface area contributed by atoms with Crippen LogP contribution in [0.4, 0.5) is 0 Å². The Morgan fingerprint density at radius 3 is 2.74 bits per heavy atom. The summed E-state index contributed by atoms with van der Waals surface area (Å²) in [5, 5.41) is 9.45. The summed E-state index contributed by atoms with van der Waals surface area (Å²) >= 11 is 0. The molecule has 19 heavy (non-hydrogen) atoms. The van der Waals surface area contributed by atoms with Crippen LogP contribution in [0.25, 0.3) is 0 Å². The van der Waals surface area contributed by atoms with Gasteiger partial charge in [-0.15, -0.1) is 0 Å². The zero-order valence-electron chi connectivity index (χ0n) is 11.8. The van der Waals surface area contributed by atoms with Gasteiger partial charge < -0.3 is 9.84 Å². The average Bonchev–Trinajstić information content (AvgIpc) is 2.66. The molecule has 0 saturated carbocycles. The number of hydrogen-bond acceptors (Lipinski definition) is 3. The van der Waals surface area contributed by atoms with Crippen LogP contribution in [0.5, 0.6) is 5.75 Å². The monoisotopic (exact) mass is 263 g/mol. The highest BCUT2D eigenvalue weighted by molar-refractivity contribution is 5.26. The maximum absolute atomic E-state index is 9.45. The summed E-state index contributed by atoms with van der Waals surface area (Å²) in [4.78, 5) is 2.38. The molecule has 1 atom stereocenters. The van der Waals surface area contributed by atoms with Crippen LogP contribution in [0, 0.1) is 6.92 Å². The second-order valence-corrected chi connectivity index (χ2v) is 5.38. The van der Waals surface area contributed by atoms with Crippen LogP contribution < -0.4 is 4.74 Å². The fourth-order valence-corrected chi connectivity index (χ4v) is 2.65. The fraction of sp³-hybridized carbons (Fsp3) is 0.625. The summed E-state index contributed by atoms with van der Waals surface area (Å²) < 4.78 is 5.77. The van der Waals surface area contributed by atoms with E-state index >= 15 is 0 Å². The van der Waals surface area contributed by atoms with E-state index in [1.807, 2.05) is 12.1 Å². The van der Waals surface area contributed by atoms with E-state index < -0.39 is 0 Å². The Kier molecular flexibility index (Phi) is 5.67. The molecule has 0 bridgehead atoms. The summed E-state index contributed by atoms with van der Waals surface area (Å²) in [6.07, 6.45) is 4.87. The van der Waals surface area contributed by atoms with Gasteiger partial charge in [-0.25, -0.2) is 0 Å². The molecule has 1 unspecified atom stereocenters. The average molecular weight is 263 g/mol. The topological polar surface area (TPSA) is 32.7 Å². The van der Waals surface area contributed by atoms with Crippen LogP contribution in [-0.2, 0) is 0 Å². The van der Waals surface area contributed by atoms with Gasteiger partial charge in [-0.2, -0.15) is 0 Å². The van der Waals surface area contributed by atoms with Crippen LogP contribution >= 0.6 is 0 Å².